The number of rotatable bonds is 0. The second kappa shape index (κ2) is 1.69. The van der Waals surface area contributed by atoms with Crippen molar-refractivity contribution in [2.45, 2.75) is 0 Å². The minimum atomic E-state index is 0.648. The van der Waals surface area contributed by atoms with E-state index < -0.39 is 0 Å². The van der Waals surface area contributed by atoms with Crippen LogP contribution in [0.3, 0.4) is 0 Å². The standard InChI is InChI=1S/C4H4N6/c1-10-4-3(6-9-10)2-5-8-7-4/h2H,1H3. The Bertz CT molecular complexity index is 351. The molecule has 0 fully saturated rings. The minimum Gasteiger partial charge on any atom is -0.229 e. The van der Waals surface area contributed by atoms with E-state index in [1.54, 1.807) is 11.7 Å². The average molecular weight is 136 g/mol. The SMILES string of the molecule is Cn1nnc2cnnnc21. The molecule has 6 heteroatoms. The van der Waals surface area contributed by atoms with E-state index in [1.807, 2.05) is 0 Å². The van der Waals surface area contributed by atoms with Gasteiger partial charge in [-0.05, 0) is 5.21 Å². The summed E-state index contributed by atoms with van der Waals surface area (Å²) in [6, 6.07) is 0. The van der Waals surface area contributed by atoms with Gasteiger partial charge in [-0.2, -0.15) is 0 Å². The number of aryl methyl sites for hydroxylation is 1. The second-order valence-electron chi connectivity index (χ2n) is 1.86. The minimum absolute atomic E-state index is 0.648. The van der Waals surface area contributed by atoms with Gasteiger partial charge in [0.2, 0.25) is 5.65 Å². The van der Waals surface area contributed by atoms with Gasteiger partial charge in [0.1, 0.15) is 0 Å². The molecule has 0 radical (unpaired) electrons. The van der Waals surface area contributed by atoms with Gasteiger partial charge in [-0.25, -0.2) is 4.68 Å². The van der Waals surface area contributed by atoms with Crippen molar-refractivity contribution in [2.75, 3.05) is 0 Å². The van der Waals surface area contributed by atoms with Crippen LogP contribution >= 0.6 is 0 Å². The maximum absolute atomic E-state index is 3.77. The van der Waals surface area contributed by atoms with E-state index in [0.717, 1.165) is 0 Å². The highest BCUT2D eigenvalue weighted by Crippen LogP contribution is 1.99. The van der Waals surface area contributed by atoms with Crippen LogP contribution in [0, 0.1) is 0 Å². The van der Waals surface area contributed by atoms with Crippen molar-refractivity contribution in [1.82, 2.24) is 30.4 Å². The van der Waals surface area contributed by atoms with Crippen LogP contribution in [0.2, 0.25) is 0 Å². The molecule has 2 heterocycles. The molecule has 0 saturated heterocycles. The summed E-state index contributed by atoms with van der Waals surface area (Å²) in [6.07, 6.45) is 1.52. The van der Waals surface area contributed by atoms with E-state index in [1.165, 1.54) is 6.20 Å². The van der Waals surface area contributed by atoms with E-state index in [9.17, 15) is 0 Å². The zero-order chi connectivity index (χ0) is 6.97. The number of fused-ring (bicyclic) bond motifs is 1. The zero-order valence-corrected chi connectivity index (χ0v) is 5.26. The Balaban J connectivity index is 2.93. The Morgan fingerprint density at radius 1 is 1.40 bits per heavy atom. The first kappa shape index (κ1) is 5.21. The summed E-state index contributed by atoms with van der Waals surface area (Å²) in [4.78, 5) is 0. The largest absolute Gasteiger partial charge is 0.229 e. The number of hydrogen-bond donors (Lipinski definition) is 0. The molecule has 0 aromatic carbocycles. The predicted octanol–water partition coefficient (Wildman–Crippen LogP) is -0.847. The third kappa shape index (κ3) is 0.554. The fourth-order valence-electron chi connectivity index (χ4n) is 0.716. The van der Waals surface area contributed by atoms with Crippen molar-refractivity contribution in [2.24, 2.45) is 7.05 Å². The van der Waals surface area contributed by atoms with Gasteiger partial charge in [-0.3, -0.25) is 0 Å². The molecule has 0 unspecified atom stereocenters. The van der Waals surface area contributed by atoms with Gasteiger partial charge < -0.3 is 0 Å². The van der Waals surface area contributed by atoms with Crippen LogP contribution in [0.25, 0.3) is 11.2 Å². The van der Waals surface area contributed by atoms with Crippen molar-refractivity contribution in [3.8, 4) is 0 Å². The van der Waals surface area contributed by atoms with Gasteiger partial charge in [0, 0.05) is 7.05 Å². The Morgan fingerprint density at radius 2 is 2.30 bits per heavy atom. The fraction of sp³-hybridized carbons (Fsp3) is 0.250. The average Bonchev–Trinajstić information content (AvgIpc) is 2.34. The highest BCUT2D eigenvalue weighted by Gasteiger charge is 1.99. The van der Waals surface area contributed by atoms with Crippen LogP contribution in [0.1, 0.15) is 0 Å². The second-order valence-corrected chi connectivity index (χ2v) is 1.86. The van der Waals surface area contributed by atoms with Gasteiger partial charge in [0.25, 0.3) is 0 Å². The Hall–Kier alpha value is -1.59. The lowest BCUT2D eigenvalue weighted by Gasteiger charge is -1.84. The lowest BCUT2D eigenvalue weighted by Crippen LogP contribution is -1.93. The molecule has 0 saturated carbocycles. The molecule has 0 spiro atoms. The van der Waals surface area contributed by atoms with Crippen molar-refractivity contribution < 1.29 is 0 Å². The van der Waals surface area contributed by atoms with Crippen molar-refractivity contribution in [1.29, 1.82) is 0 Å². The summed E-state index contributed by atoms with van der Waals surface area (Å²) < 4.78 is 1.55. The topological polar surface area (TPSA) is 69.4 Å². The Kier molecular flexibility index (Phi) is 0.883. The molecule has 0 amide bonds. The molecule has 6 nitrogen and oxygen atoms in total. The number of aromatic nitrogens is 6. The first-order valence-corrected chi connectivity index (χ1v) is 2.71. The molecular weight excluding hydrogens is 132 g/mol. The normalized spacial score (nSPS) is 10.5. The van der Waals surface area contributed by atoms with Crippen LogP contribution in [0.15, 0.2) is 6.20 Å². The number of nitrogens with zero attached hydrogens (tertiary/aromatic N) is 6. The Labute approximate surface area is 55.9 Å². The lowest BCUT2D eigenvalue weighted by molar-refractivity contribution is 0.722. The van der Waals surface area contributed by atoms with Crippen LogP contribution in [0.5, 0.6) is 0 Å². The first-order valence-electron chi connectivity index (χ1n) is 2.71. The smallest absolute Gasteiger partial charge is 0.203 e. The van der Waals surface area contributed by atoms with Gasteiger partial charge >= 0.3 is 0 Å². The zero-order valence-electron chi connectivity index (χ0n) is 5.26. The van der Waals surface area contributed by atoms with Crippen LogP contribution in [-0.4, -0.2) is 30.4 Å². The van der Waals surface area contributed by atoms with Gasteiger partial charge in [0.05, 0.1) is 6.20 Å². The highest BCUT2D eigenvalue weighted by molar-refractivity contribution is 5.66. The molecule has 0 bridgehead atoms. The molecule has 0 atom stereocenters. The van der Waals surface area contributed by atoms with Crippen LogP contribution in [0.4, 0.5) is 0 Å². The highest BCUT2D eigenvalue weighted by atomic mass is 15.5. The maximum atomic E-state index is 3.77. The monoisotopic (exact) mass is 136 g/mol. The summed E-state index contributed by atoms with van der Waals surface area (Å²) in [5, 5.41) is 18.2. The summed E-state index contributed by atoms with van der Waals surface area (Å²) in [5.41, 5.74) is 1.31. The van der Waals surface area contributed by atoms with E-state index in [0.29, 0.717) is 11.2 Å². The van der Waals surface area contributed by atoms with E-state index in [4.69, 9.17) is 0 Å². The molecular formula is C4H4N6. The summed E-state index contributed by atoms with van der Waals surface area (Å²) in [7, 11) is 1.75. The maximum Gasteiger partial charge on any atom is 0.203 e. The summed E-state index contributed by atoms with van der Waals surface area (Å²) >= 11 is 0. The third-order valence-electron chi connectivity index (χ3n) is 1.19. The van der Waals surface area contributed by atoms with E-state index >= 15 is 0 Å². The van der Waals surface area contributed by atoms with Crippen molar-refractivity contribution in [3.63, 3.8) is 0 Å². The summed E-state index contributed by atoms with van der Waals surface area (Å²) in [6.45, 7) is 0. The van der Waals surface area contributed by atoms with E-state index in [2.05, 4.69) is 25.7 Å². The van der Waals surface area contributed by atoms with Crippen LogP contribution in [-0.2, 0) is 7.05 Å². The number of hydrogen-bond acceptors (Lipinski definition) is 5. The van der Waals surface area contributed by atoms with Crippen molar-refractivity contribution in [3.05, 3.63) is 6.20 Å². The quantitative estimate of drug-likeness (QED) is 0.472. The molecule has 10 heavy (non-hydrogen) atoms. The molecule has 0 aliphatic rings. The molecule has 2 aromatic rings. The van der Waals surface area contributed by atoms with Crippen LogP contribution < -0.4 is 0 Å². The summed E-state index contributed by atoms with van der Waals surface area (Å²) in [5.74, 6) is 0. The fourth-order valence-corrected chi connectivity index (χ4v) is 0.716. The van der Waals surface area contributed by atoms with Crippen molar-refractivity contribution >= 4 is 11.2 Å². The predicted molar refractivity (Wildman–Crippen MR) is 31.9 cm³/mol. The third-order valence-corrected chi connectivity index (χ3v) is 1.19. The molecule has 2 aromatic heterocycles. The Morgan fingerprint density at radius 3 is 3.10 bits per heavy atom. The molecule has 0 N–H and O–H groups in total. The molecule has 2 rings (SSSR count). The molecule has 50 valence electrons. The van der Waals surface area contributed by atoms with Gasteiger partial charge in [0.15, 0.2) is 5.52 Å². The van der Waals surface area contributed by atoms with E-state index in [-0.39, 0.29) is 0 Å². The molecule has 0 aliphatic heterocycles. The lowest BCUT2D eigenvalue weighted by atomic mass is 10.6. The first-order chi connectivity index (χ1) is 4.88. The molecule has 0 aliphatic carbocycles. The van der Waals surface area contributed by atoms with Gasteiger partial charge in [-0.15, -0.1) is 15.3 Å². The van der Waals surface area contributed by atoms with Gasteiger partial charge in [-0.1, -0.05) is 5.21 Å².